The van der Waals surface area contributed by atoms with Crippen molar-refractivity contribution < 1.29 is 68.5 Å². The molecule has 0 heterocycles. The van der Waals surface area contributed by atoms with Crippen LogP contribution in [-0.4, -0.2) is 19.6 Å². The Morgan fingerprint density at radius 1 is 0.629 bits per heavy atom. The summed E-state index contributed by atoms with van der Waals surface area (Å²) in [6.45, 7) is 4.48. The van der Waals surface area contributed by atoms with Crippen LogP contribution < -0.4 is 51.4 Å². The first-order chi connectivity index (χ1) is 16.5. The molecular formula is C29H57KO4S. The summed E-state index contributed by atoms with van der Waals surface area (Å²) < 4.78 is 37.0. The predicted octanol–water partition coefficient (Wildman–Crippen LogP) is 6.65. The van der Waals surface area contributed by atoms with E-state index in [4.69, 9.17) is 0 Å². The molecule has 6 heteroatoms. The Hall–Kier alpha value is 1.25. The quantitative estimate of drug-likeness (QED) is 0.0384. The van der Waals surface area contributed by atoms with Gasteiger partial charge in [0.15, 0.2) is 0 Å². The van der Waals surface area contributed by atoms with Crippen molar-refractivity contribution in [2.45, 2.75) is 162 Å². The van der Waals surface area contributed by atoms with Crippen LogP contribution in [0.5, 0.6) is 0 Å². The monoisotopic (exact) mass is 540 g/mol. The molecule has 0 amide bonds. The summed E-state index contributed by atoms with van der Waals surface area (Å²) in [7, 11) is -4.61. The van der Waals surface area contributed by atoms with E-state index in [1.165, 1.54) is 122 Å². The van der Waals surface area contributed by atoms with Gasteiger partial charge in [0.05, 0.1) is 6.61 Å². The van der Waals surface area contributed by atoms with E-state index in [9.17, 15) is 13.0 Å². The van der Waals surface area contributed by atoms with Crippen LogP contribution in [0.2, 0.25) is 0 Å². The van der Waals surface area contributed by atoms with E-state index in [1.807, 2.05) is 0 Å². The van der Waals surface area contributed by atoms with E-state index in [0.29, 0.717) is 0 Å². The molecule has 4 nitrogen and oxygen atoms in total. The third kappa shape index (κ3) is 33.2. The minimum Gasteiger partial charge on any atom is -0.726 e. The molecule has 0 saturated heterocycles. The van der Waals surface area contributed by atoms with Crippen LogP contribution in [0.3, 0.4) is 0 Å². The van der Waals surface area contributed by atoms with Crippen LogP contribution >= 0.6 is 0 Å². The molecule has 0 bridgehead atoms. The largest absolute Gasteiger partial charge is 1.00 e. The van der Waals surface area contributed by atoms with Crippen molar-refractivity contribution in [1.29, 1.82) is 0 Å². The SMILES string of the molecule is CCCCCCCCCCCCCCCC/C=C/C(CCCCCCCCC)COS(=O)(=O)[O-].[K+]. The fourth-order valence-electron chi connectivity index (χ4n) is 4.51. The molecule has 0 aliphatic carbocycles. The van der Waals surface area contributed by atoms with Crippen LogP contribution in [0.4, 0.5) is 0 Å². The van der Waals surface area contributed by atoms with Crippen LogP contribution in [0, 0.1) is 5.92 Å². The molecule has 35 heavy (non-hydrogen) atoms. The molecule has 0 aromatic rings. The summed E-state index contributed by atoms with van der Waals surface area (Å²) in [6, 6.07) is 0. The van der Waals surface area contributed by atoms with Gasteiger partial charge in [0.1, 0.15) is 0 Å². The summed E-state index contributed by atoms with van der Waals surface area (Å²) in [5, 5.41) is 0. The number of rotatable bonds is 27. The van der Waals surface area contributed by atoms with Crippen LogP contribution in [0.25, 0.3) is 0 Å². The van der Waals surface area contributed by atoms with Gasteiger partial charge in [-0.05, 0) is 19.3 Å². The number of allylic oxidation sites excluding steroid dienone is 1. The molecule has 0 saturated carbocycles. The van der Waals surface area contributed by atoms with E-state index < -0.39 is 10.4 Å². The van der Waals surface area contributed by atoms with E-state index in [2.05, 4.69) is 30.2 Å². The second kappa shape index (κ2) is 29.8. The Morgan fingerprint density at radius 3 is 1.40 bits per heavy atom. The Labute approximate surface area is 262 Å². The van der Waals surface area contributed by atoms with Crippen molar-refractivity contribution in [3.05, 3.63) is 12.2 Å². The molecule has 0 aliphatic heterocycles. The second-order valence-corrected chi connectivity index (χ2v) is 11.2. The van der Waals surface area contributed by atoms with Crippen molar-refractivity contribution in [3.8, 4) is 0 Å². The molecule has 1 unspecified atom stereocenters. The van der Waals surface area contributed by atoms with Gasteiger partial charge in [0.25, 0.3) is 0 Å². The molecular weight excluding hydrogens is 483 g/mol. The first kappa shape index (κ1) is 38.4. The Bertz CT molecular complexity index is 537. The smallest absolute Gasteiger partial charge is 0.726 e. The van der Waals surface area contributed by atoms with Crippen molar-refractivity contribution in [2.75, 3.05) is 6.61 Å². The van der Waals surface area contributed by atoms with E-state index in [-0.39, 0.29) is 63.9 Å². The Kier molecular flexibility index (Phi) is 32.7. The summed E-state index contributed by atoms with van der Waals surface area (Å²) in [5.74, 6) is 0.0195. The normalized spacial score (nSPS) is 12.8. The zero-order chi connectivity index (χ0) is 25.2. The van der Waals surface area contributed by atoms with Gasteiger partial charge in [-0.2, -0.15) is 0 Å². The Morgan fingerprint density at radius 2 is 1.00 bits per heavy atom. The fraction of sp³-hybridized carbons (Fsp3) is 0.931. The summed E-state index contributed by atoms with van der Waals surface area (Å²) in [6.07, 6.45) is 33.8. The molecule has 0 rings (SSSR count). The molecule has 0 aromatic carbocycles. The number of hydrogen-bond acceptors (Lipinski definition) is 4. The first-order valence-electron chi connectivity index (χ1n) is 14.8. The Balaban J connectivity index is 0. The minimum atomic E-state index is -4.61. The van der Waals surface area contributed by atoms with Crippen LogP contribution in [0.15, 0.2) is 12.2 Å². The van der Waals surface area contributed by atoms with Gasteiger partial charge in [-0.3, -0.25) is 4.18 Å². The van der Waals surface area contributed by atoms with Crippen LogP contribution in [0.1, 0.15) is 162 Å². The minimum absolute atomic E-state index is 0. The standard InChI is InChI=1S/C29H58O4S.K/c1-3-5-7-9-11-12-13-14-15-16-17-18-19-21-23-25-27-29(28-33-34(30,31)32)26-24-22-20-10-8-6-4-2;/h25,27,29H,3-24,26,28H2,1-2H3,(H,30,31,32);/q;+1/p-1/b27-25+;. The summed E-state index contributed by atoms with van der Waals surface area (Å²) >= 11 is 0. The van der Waals surface area contributed by atoms with Gasteiger partial charge in [-0.1, -0.05) is 154 Å². The zero-order valence-electron chi connectivity index (χ0n) is 23.7. The molecule has 0 N–H and O–H groups in total. The van der Waals surface area contributed by atoms with Crippen molar-refractivity contribution >= 4 is 10.4 Å². The fourth-order valence-corrected chi connectivity index (χ4v) is 4.86. The molecule has 0 aromatic heterocycles. The maximum atomic E-state index is 10.8. The zero-order valence-corrected chi connectivity index (χ0v) is 27.7. The topological polar surface area (TPSA) is 66.4 Å². The van der Waals surface area contributed by atoms with E-state index >= 15 is 0 Å². The van der Waals surface area contributed by atoms with Crippen molar-refractivity contribution in [1.82, 2.24) is 0 Å². The molecule has 0 radical (unpaired) electrons. The number of hydrogen-bond donors (Lipinski definition) is 0. The van der Waals surface area contributed by atoms with Gasteiger partial charge >= 0.3 is 51.4 Å². The van der Waals surface area contributed by atoms with Crippen LogP contribution in [-0.2, 0) is 14.6 Å². The second-order valence-electron chi connectivity index (χ2n) is 10.2. The molecule has 0 fully saturated rings. The predicted molar refractivity (Wildman–Crippen MR) is 146 cm³/mol. The van der Waals surface area contributed by atoms with E-state index in [0.717, 1.165) is 25.7 Å². The van der Waals surface area contributed by atoms with Gasteiger partial charge in [-0.15, -0.1) is 0 Å². The maximum Gasteiger partial charge on any atom is 1.00 e. The van der Waals surface area contributed by atoms with Gasteiger partial charge in [0, 0.05) is 5.92 Å². The maximum absolute atomic E-state index is 10.8. The molecule has 0 aliphatic rings. The summed E-state index contributed by atoms with van der Waals surface area (Å²) in [5.41, 5.74) is 0. The average Bonchev–Trinajstić information content (AvgIpc) is 2.80. The summed E-state index contributed by atoms with van der Waals surface area (Å²) in [4.78, 5) is 0. The first-order valence-corrected chi connectivity index (χ1v) is 16.1. The number of unbranched alkanes of at least 4 members (excludes halogenated alkanes) is 20. The molecule has 1 atom stereocenters. The third-order valence-corrected chi connectivity index (χ3v) is 7.16. The van der Waals surface area contributed by atoms with Crippen molar-refractivity contribution in [3.63, 3.8) is 0 Å². The van der Waals surface area contributed by atoms with Crippen molar-refractivity contribution in [2.24, 2.45) is 5.92 Å². The molecule has 0 spiro atoms. The average molecular weight is 541 g/mol. The molecule has 204 valence electrons. The van der Waals surface area contributed by atoms with Gasteiger partial charge in [0.2, 0.25) is 10.4 Å². The van der Waals surface area contributed by atoms with Gasteiger partial charge in [-0.25, -0.2) is 8.42 Å². The van der Waals surface area contributed by atoms with Gasteiger partial charge < -0.3 is 4.55 Å². The van der Waals surface area contributed by atoms with E-state index in [1.54, 1.807) is 0 Å². The third-order valence-electron chi connectivity index (χ3n) is 6.74.